The molecule has 9 heteroatoms. The number of hydrogen-bond donors (Lipinski definition) is 2. The summed E-state index contributed by atoms with van der Waals surface area (Å²) in [5, 5.41) is 3.79. The van der Waals surface area contributed by atoms with Crippen LogP contribution in [0.15, 0.2) is 82.1 Å². The van der Waals surface area contributed by atoms with Crippen molar-refractivity contribution in [2.45, 2.75) is 17.9 Å². The van der Waals surface area contributed by atoms with Gasteiger partial charge in [0.1, 0.15) is 11.3 Å². The van der Waals surface area contributed by atoms with Gasteiger partial charge in [-0.1, -0.05) is 24.3 Å². The van der Waals surface area contributed by atoms with Gasteiger partial charge in [0.2, 0.25) is 6.79 Å². The SMILES string of the molecule is CC(NC(=O)c1cccc(S(=O)(=O)Nc2ccc3c(c2)OCO3)c1)c1cc2ccccc2o1. The minimum atomic E-state index is -3.93. The molecule has 1 unspecified atom stereocenters. The first kappa shape index (κ1) is 20.9. The van der Waals surface area contributed by atoms with Crippen molar-refractivity contribution in [2.24, 2.45) is 0 Å². The zero-order valence-electron chi connectivity index (χ0n) is 17.6. The molecule has 0 bridgehead atoms. The van der Waals surface area contributed by atoms with Gasteiger partial charge in [0.25, 0.3) is 15.9 Å². The number of sulfonamides is 1. The molecular weight excluding hydrogens is 444 g/mol. The lowest BCUT2D eigenvalue weighted by Gasteiger charge is -2.13. The fourth-order valence-corrected chi connectivity index (χ4v) is 4.64. The summed E-state index contributed by atoms with van der Waals surface area (Å²) in [6, 6.07) is 19.6. The van der Waals surface area contributed by atoms with E-state index in [2.05, 4.69) is 10.0 Å². The van der Waals surface area contributed by atoms with Crippen molar-refractivity contribution in [3.63, 3.8) is 0 Å². The van der Waals surface area contributed by atoms with E-state index >= 15 is 0 Å². The molecule has 4 aromatic rings. The van der Waals surface area contributed by atoms with E-state index in [0.29, 0.717) is 22.9 Å². The molecule has 0 fully saturated rings. The number of nitrogens with one attached hydrogen (secondary N) is 2. The largest absolute Gasteiger partial charge is 0.459 e. The Bertz CT molecular complexity index is 1430. The van der Waals surface area contributed by atoms with Crippen LogP contribution in [-0.2, 0) is 10.0 Å². The molecule has 1 amide bonds. The minimum absolute atomic E-state index is 0.0378. The predicted molar refractivity (Wildman–Crippen MR) is 122 cm³/mol. The Morgan fingerprint density at radius 3 is 2.61 bits per heavy atom. The van der Waals surface area contributed by atoms with E-state index in [4.69, 9.17) is 13.9 Å². The second-order valence-corrected chi connectivity index (χ2v) is 9.27. The highest BCUT2D eigenvalue weighted by Gasteiger charge is 2.20. The monoisotopic (exact) mass is 464 g/mol. The second kappa shape index (κ2) is 8.18. The van der Waals surface area contributed by atoms with E-state index in [0.717, 1.165) is 11.0 Å². The smallest absolute Gasteiger partial charge is 0.261 e. The number of benzene rings is 3. The van der Waals surface area contributed by atoms with Crippen molar-refractivity contribution in [2.75, 3.05) is 11.5 Å². The molecule has 0 aliphatic carbocycles. The van der Waals surface area contributed by atoms with Crippen molar-refractivity contribution < 1.29 is 27.1 Å². The van der Waals surface area contributed by atoms with Gasteiger partial charge in [-0.25, -0.2) is 8.42 Å². The van der Waals surface area contributed by atoms with Crippen LogP contribution in [0.4, 0.5) is 5.69 Å². The Labute approximate surface area is 190 Å². The lowest BCUT2D eigenvalue weighted by atomic mass is 10.1. The second-order valence-electron chi connectivity index (χ2n) is 7.58. The number of furan rings is 1. The molecule has 1 aliphatic heterocycles. The third-order valence-electron chi connectivity index (χ3n) is 5.25. The molecule has 2 heterocycles. The first-order chi connectivity index (χ1) is 15.9. The predicted octanol–water partition coefficient (Wildman–Crippen LogP) is 4.45. The van der Waals surface area contributed by atoms with Crippen molar-refractivity contribution in [1.82, 2.24) is 5.32 Å². The number of rotatable bonds is 6. The van der Waals surface area contributed by atoms with E-state index < -0.39 is 22.0 Å². The normalized spacial score (nSPS) is 13.6. The molecular formula is C24H20N2O6S. The van der Waals surface area contributed by atoms with E-state index in [-0.39, 0.29) is 17.3 Å². The van der Waals surface area contributed by atoms with Gasteiger partial charge in [0, 0.05) is 17.0 Å². The quantitative estimate of drug-likeness (QED) is 0.437. The zero-order valence-corrected chi connectivity index (χ0v) is 18.4. The summed E-state index contributed by atoms with van der Waals surface area (Å²) in [6.07, 6.45) is 0. The van der Waals surface area contributed by atoms with Gasteiger partial charge in [0.05, 0.1) is 16.6 Å². The summed E-state index contributed by atoms with van der Waals surface area (Å²) in [5.41, 5.74) is 1.27. The Kier molecular flexibility index (Phi) is 5.18. The molecule has 33 heavy (non-hydrogen) atoms. The van der Waals surface area contributed by atoms with Gasteiger partial charge < -0.3 is 19.2 Å². The van der Waals surface area contributed by atoms with Crippen LogP contribution in [0, 0.1) is 0 Å². The number of fused-ring (bicyclic) bond motifs is 2. The van der Waals surface area contributed by atoms with E-state index in [1.807, 2.05) is 30.3 Å². The van der Waals surface area contributed by atoms with Gasteiger partial charge >= 0.3 is 0 Å². The Morgan fingerprint density at radius 1 is 0.939 bits per heavy atom. The van der Waals surface area contributed by atoms with Crippen LogP contribution in [0.3, 0.4) is 0 Å². The maximum absolute atomic E-state index is 12.9. The number of hydrogen-bond acceptors (Lipinski definition) is 6. The summed E-state index contributed by atoms with van der Waals surface area (Å²) < 4.78 is 44.6. The number of ether oxygens (including phenoxy) is 2. The standard InChI is InChI=1S/C24H20N2O6S/c1-15(22-12-16-5-2-3-8-20(16)32-22)25-24(27)17-6-4-7-19(11-17)33(28,29)26-18-9-10-21-23(13-18)31-14-30-21/h2-13,15,26H,14H2,1H3,(H,25,27). The Morgan fingerprint density at radius 2 is 1.76 bits per heavy atom. The summed E-state index contributed by atoms with van der Waals surface area (Å²) in [6.45, 7) is 1.90. The highest BCUT2D eigenvalue weighted by Crippen LogP contribution is 2.35. The van der Waals surface area contributed by atoms with Crippen LogP contribution in [0.2, 0.25) is 0 Å². The Hall–Kier alpha value is -3.98. The maximum atomic E-state index is 12.9. The van der Waals surface area contributed by atoms with Gasteiger partial charge in [0.15, 0.2) is 11.5 Å². The minimum Gasteiger partial charge on any atom is -0.459 e. The topological polar surface area (TPSA) is 107 Å². The molecule has 0 saturated heterocycles. The average molecular weight is 464 g/mol. The molecule has 1 atom stereocenters. The van der Waals surface area contributed by atoms with Crippen molar-refractivity contribution >= 4 is 32.6 Å². The van der Waals surface area contributed by atoms with E-state index in [9.17, 15) is 13.2 Å². The van der Waals surface area contributed by atoms with Gasteiger partial charge in [-0.2, -0.15) is 0 Å². The fraction of sp³-hybridized carbons (Fsp3) is 0.125. The first-order valence-electron chi connectivity index (χ1n) is 10.2. The summed E-state index contributed by atoms with van der Waals surface area (Å²) in [5.74, 6) is 1.21. The van der Waals surface area contributed by atoms with Crippen LogP contribution in [0.5, 0.6) is 11.5 Å². The van der Waals surface area contributed by atoms with Crippen molar-refractivity contribution in [1.29, 1.82) is 0 Å². The highest BCUT2D eigenvalue weighted by atomic mass is 32.2. The van der Waals surface area contributed by atoms with Gasteiger partial charge in [-0.05, 0) is 49.4 Å². The number of anilines is 1. The molecule has 3 aromatic carbocycles. The average Bonchev–Trinajstić information content (AvgIpc) is 3.45. The summed E-state index contributed by atoms with van der Waals surface area (Å²) in [4.78, 5) is 12.8. The number of carbonyl (C=O) groups is 1. The van der Waals surface area contributed by atoms with Crippen LogP contribution >= 0.6 is 0 Å². The Balaban J connectivity index is 1.32. The molecule has 0 saturated carbocycles. The molecule has 1 aromatic heterocycles. The van der Waals surface area contributed by atoms with Gasteiger partial charge in [-0.15, -0.1) is 0 Å². The van der Waals surface area contributed by atoms with E-state index in [1.54, 1.807) is 31.2 Å². The van der Waals surface area contributed by atoms with Crippen LogP contribution in [0.1, 0.15) is 29.1 Å². The zero-order chi connectivity index (χ0) is 23.0. The van der Waals surface area contributed by atoms with Gasteiger partial charge in [-0.3, -0.25) is 9.52 Å². The molecule has 5 rings (SSSR count). The van der Waals surface area contributed by atoms with Crippen LogP contribution < -0.4 is 19.5 Å². The molecule has 0 radical (unpaired) electrons. The number of carbonyl (C=O) groups excluding carboxylic acids is 1. The first-order valence-corrected chi connectivity index (χ1v) is 11.7. The maximum Gasteiger partial charge on any atom is 0.261 e. The molecule has 8 nitrogen and oxygen atoms in total. The number of para-hydroxylation sites is 1. The summed E-state index contributed by atoms with van der Waals surface area (Å²) in [7, 11) is -3.93. The fourth-order valence-electron chi connectivity index (χ4n) is 3.55. The molecule has 0 spiro atoms. The van der Waals surface area contributed by atoms with Crippen LogP contribution in [-0.4, -0.2) is 21.1 Å². The highest BCUT2D eigenvalue weighted by molar-refractivity contribution is 7.92. The summed E-state index contributed by atoms with van der Waals surface area (Å²) >= 11 is 0. The molecule has 168 valence electrons. The van der Waals surface area contributed by atoms with Crippen LogP contribution in [0.25, 0.3) is 11.0 Å². The third-order valence-corrected chi connectivity index (χ3v) is 6.63. The lowest BCUT2D eigenvalue weighted by molar-refractivity contribution is 0.0935. The third kappa shape index (κ3) is 4.22. The molecule has 2 N–H and O–H groups in total. The number of amides is 1. The molecule has 1 aliphatic rings. The lowest BCUT2D eigenvalue weighted by Crippen LogP contribution is -2.26. The van der Waals surface area contributed by atoms with E-state index in [1.165, 1.54) is 18.2 Å². The van der Waals surface area contributed by atoms with Crippen molar-refractivity contribution in [3.8, 4) is 11.5 Å². The van der Waals surface area contributed by atoms with Crippen molar-refractivity contribution in [3.05, 3.63) is 84.1 Å².